The first-order chi connectivity index (χ1) is 9.22. The fraction of sp³-hybridized carbons (Fsp3) is 0.538. The lowest BCUT2D eigenvalue weighted by molar-refractivity contribution is 0.356. The number of hydrogen-bond acceptors (Lipinski definition) is 6. The molecule has 0 bridgehead atoms. The molecule has 2 aromatic rings. The zero-order valence-corrected chi connectivity index (χ0v) is 11.6. The second-order valence-corrected chi connectivity index (χ2v) is 4.57. The molecule has 1 N–H and O–H groups in total. The molecule has 1 atom stereocenters. The van der Waals surface area contributed by atoms with Crippen molar-refractivity contribution in [2.24, 2.45) is 0 Å². The van der Waals surface area contributed by atoms with Crippen LogP contribution in [0.5, 0.6) is 0 Å². The van der Waals surface area contributed by atoms with E-state index in [9.17, 15) is 0 Å². The van der Waals surface area contributed by atoms with E-state index in [2.05, 4.69) is 32.3 Å². The number of likely N-dealkylation sites (N-methyl/N-ethyl adjacent to an activating group) is 1. The Kier molecular flexibility index (Phi) is 4.57. The molecular formula is C13H19N5O. The van der Waals surface area contributed by atoms with Crippen LogP contribution in [0.1, 0.15) is 31.2 Å². The summed E-state index contributed by atoms with van der Waals surface area (Å²) >= 11 is 0. The van der Waals surface area contributed by atoms with Gasteiger partial charge in [-0.05, 0) is 26.0 Å². The molecule has 0 amide bonds. The Balaban J connectivity index is 2.08. The normalized spacial score (nSPS) is 12.6. The Morgan fingerprint density at radius 3 is 2.63 bits per heavy atom. The van der Waals surface area contributed by atoms with Crippen molar-refractivity contribution in [2.75, 3.05) is 7.05 Å². The maximum atomic E-state index is 5.25. The highest BCUT2D eigenvalue weighted by Gasteiger charge is 2.14. The van der Waals surface area contributed by atoms with Gasteiger partial charge in [-0.2, -0.15) is 4.98 Å². The van der Waals surface area contributed by atoms with Crippen molar-refractivity contribution in [1.82, 2.24) is 25.4 Å². The molecule has 2 aromatic heterocycles. The van der Waals surface area contributed by atoms with Crippen molar-refractivity contribution in [3.8, 4) is 11.6 Å². The van der Waals surface area contributed by atoms with Crippen molar-refractivity contribution in [1.29, 1.82) is 0 Å². The van der Waals surface area contributed by atoms with E-state index in [-0.39, 0.29) is 0 Å². The van der Waals surface area contributed by atoms with E-state index in [1.807, 2.05) is 14.0 Å². The minimum absolute atomic E-state index is 0.359. The first kappa shape index (κ1) is 13.6. The van der Waals surface area contributed by atoms with Crippen LogP contribution in [0.2, 0.25) is 0 Å². The van der Waals surface area contributed by atoms with Gasteiger partial charge in [-0.25, -0.2) is 9.97 Å². The largest absolute Gasteiger partial charge is 0.339 e. The van der Waals surface area contributed by atoms with E-state index < -0.39 is 0 Å². The first-order valence-electron chi connectivity index (χ1n) is 6.51. The fourth-order valence-electron chi connectivity index (χ4n) is 1.84. The smallest absolute Gasteiger partial charge is 0.240 e. The average molecular weight is 261 g/mol. The highest BCUT2D eigenvalue weighted by molar-refractivity contribution is 5.40. The molecule has 0 saturated carbocycles. The van der Waals surface area contributed by atoms with Gasteiger partial charge in [0.1, 0.15) is 0 Å². The molecule has 2 rings (SSSR count). The highest BCUT2D eigenvalue weighted by atomic mass is 16.5. The number of nitrogens with zero attached hydrogens (tertiary/aromatic N) is 4. The van der Waals surface area contributed by atoms with Gasteiger partial charge >= 0.3 is 0 Å². The van der Waals surface area contributed by atoms with E-state index in [1.165, 1.54) is 0 Å². The summed E-state index contributed by atoms with van der Waals surface area (Å²) in [5.74, 6) is 1.56. The number of rotatable bonds is 6. The number of hydrogen-bond donors (Lipinski definition) is 1. The molecule has 0 aliphatic carbocycles. The fourth-order valence-corrected chi connectivity index (χ4v) is 1.84. The molecule has 0 radical (unpaired) electrons. The lowest BCUT2D eigenvalue weighted by Crippen LogP contribution is -2.27. The summed E-state index contributed by atoms with van der Waals surface area (Å²) in [7, 11) is 1.95. The van der Waals surface area contributed by atoms with E-state index in [1.54, 1.807) is 12.4 Å². The molecule has 1 unspecified atom stereocenters. The Morgan fingerprint density at radius 2 is 2.00 bits per heavy atom. The first-order valence-corrected chi connectivity index (χ1v) is 6.51. The third-order valence-corrected chi connectivity index (χ3v) is 2.92. The number of aromatic nitrogens is 4. The molecule has 0 aromatic carbocycles. The third-order valence-electron chi connectivity index (χ3n) is 2.92. The average Bonchev–Trinajstić information content (AvgIpc) is 2.87. The van der Waals surface area contributed by atoms with Gasteiger partial charge in [0, 0.05) is 24.9 Å². The van der Waals surface area contributed by atoms with Gasteiger partial charge in [-0.15, -0.1) is 0 Å². The van der Waals surface area contributed by atoms with Gasteiger partial charge in [-0.3, -0.25) is 0 Å². The van der Waals surface area contributed by atoms with Crippen molar-refractivity contribution in [3.63, 3.8) is 0 Å². The second kappa shape index (κ2) is 6.38. The van der Waals surface area contributed by atoms with Crippen LogP contribution >= 0.6 is 0 Å². The molecule has 19 heavy (non-hydrogen) atoms. The van der Waals surface area contributed by atoms with Crippen molar-refractivity contribution < 1.29 is 4.52 Å². The Labute approximate surface area is 112 Å². The van der Waals surface area contributed by atoms with Gasteiger partial charge in [0.25, 0.3) is 0 Å². The topological polar surface area (TPSA) is 76.7 Å². The number of nitrogens with one attached hydrogen (secondary N) is 1. The lowest BCUT2D eigenvalue weighted by Gasteiger charge is -2.11. The van der Waals surface area contributed by atoms with Gasteiger partial charge in [-0.1, -0.05) is 18.5 Å². The summed E-state index contributed by atoms with van der Waals surface area (Å²) in [6.45, 7) is 4.09. The molecular weight excluding hydrogens is 242 g/mol. The zero-order valence-electron chi connectivity index (χ0n) is 11.6. The molecule has 0 spiro atoms. The predicted octanol–water partition coefficient (Wildman–Crippen LogP) is 1.77. The van der Waals surface area contributed by atoms with E-state index in [0.717, 1.165) is 24.8 Å². The highest BCUT2D eigenvalue weighted by Crippen LogP contribution is 2.12. The van der Waals surface area contributed by atoms with Crippen LogP contribution in [0.25, 0.3) is 11.6 Å². The molecule has 0 aliphatic heterocycles. The summed E-state index contributed by atoms with van der Waals surface area (Å²) in [6.07, 6.45) is 6.41. The van der Waals surface area contributed by atoms with E-state index in [4.69, 9.17) is 4.52 Å². The Hall–Kier alpha value is -1.82. The second-order valence-electron chi connectivity index (χ2n) is 4.57. The lowest BCUT2D eigenvalue weighted by atomic mass is 10.1. The third kappa shape index (κ3) is 3.57. The SMILES string of the molecule is CCCC(Cc1nc(-c2ncc(C)cn2)no1)NC. The van der Waals surface area contributed by atoms with Gasteiger partial charge in [0.15, 0.2) is 0 Å². The summed E-state index contributed by atoms with van der Waals surface area (Å²) in [5.41, 5.74) is 1.01. The monoisotopic (exact) mass is 261 g/mol. The molecule has 0 aliphatic rings. The van der Waals surface area contributed by atoms with E-state index >= 15 is 0 Å². The molecule has 6 heteroatoms. The maximum Gasteiger partial charge on any atom is 0.240 e. The van der Waals surface area contributed by atoms with Crippen molar-refractivity contribution >= 4 is 0 Å². The van der Waals surface area contributed by atoms with Crippen LogP contribution in [0.15, 0.2) is 16.9 Å². The van der Waals surface area contributed by atoms with Crippen molar-refractivity contribution in [3.05, 3.63) is 23.8 Å². The Morgan fingerprint density at radius 1 is 1.26 bits per heavy atom. The molecule has 0 saturated heterocycles. The van der Waals surface area contributed by atoms with Crippen molar-refractivity contribution in [2.45, 2.75) is 39.2 Å². The van der Waals surface area contributed by atoms with Crippen LogP contribution in [0.3, 0.4) is 0 Å². The summed E-state index contributed by atoms with van der Waals surface area (Å²) in [6, 6.07) is 0.359. The number of aryl methyl sites for hydroxylation is 1. The standard InChI is InChI=1S/C13H19N5O/c1-4-5-10(14-3)6-11-17-13(18-19-11)12-15-7-9(2)8-16-12/h7-8,10,14H,4-6H2,1-3H3. The summed E-state index contributed by atoms with van der Waals surface area (Å²) in [4.78, 5) is 12.7. The predicted molar refractivity (Wildman–Crippen MR) is 71.5 cm³/mol. The molecule has 2 heterocycles. The van der Waals surface area contributed by atoms with E-state index in [0.29, 0.717) is 23.6 Å². The molecule has 0 fully saturated rings. The minimum Gasteiger partial charge on any atom is -0.339 e. The van der Waals surface area contributed by atoms with Gasteiger partial charge in [0.2, 0.25) is 17.5 Å². The van der Waals surface area contributed by atoms with Gasteiger partial charge in [0.05, 0.1) is 0 Å². The maximum absolute atomic E-state index is 5.25. The summed E-state index contributed by atoms with van der Waals surface area (Å²) < 4.78 is 5.25. The van der Waals surface area contributed by atoms with Crippen LogP contribution in [-0.4, -0.2) is 33.2 Å². The molecule has 6 nitrogen and oxygen atoms in total. The van der Waals surface area contributed by atoms with Crippen LogP contribution in [0.4, 0.5) is 0 Å². The van der Waals surface area contributed by atoms with Crippen LogP contribution < -0.4 is 5.32 Å². The van der Waals surface area contributed by atoms with Crippen LogP contribution in [0, 0.1) is 6.92 Å². The van der Waals surface area contributed by atoms with Gasteiger partial charge < -0.3 is 9.84 Å². The Bertz CT molecular complexity index is 508. The molecule has 102 valence electrons. The summed E-state index contributed by atoms with van der Waals surface area (Å²) in [5, 5.41) is 7.17. The zero-order chi connectivity index (χ0) is 13.7. The van der Waals surface area contributed by atoms with Crippen LogP contribution in [-0.2, 0) is 6.42 Å². The minimum atomic E-state index is 0.359. The quantitative estimate of drug-likeness (QED) is 0.854.